The zero-order chi connectivity index (χ0) is 19.6. The van der Waals surface area contributed by atoms with Crippen LogP contribution in [0.3, 0.4) is 0 Å². The Bertz CT molecular complexity index is 1180. The van der Waals surface area contributed by atoms with Crippen molar-refractivity contribution in [1.29, 1.82) is 0 Å². The molecule has 4 nitrogen and oxygen atoms in total. The number of para-hydroxylation sites is 1. The van der Waals surface area contributed by atoms with Crippen molar-refractivity contribution in [3.05, 3.63) is 102 Å². The summed E-state index contributed by atoms with van der Waals surface area (Å²) in [5.41, 5.74) is 6.21. The molecule has 0 radical (unpaired) electrons. The summed E-state index contributed by atoms with van der Waals surface area (Å²) in [6, 6.07) is 26.3. The molecule has 0 aliphatic carbocycles. The zero-order valence-corrected chi connectivity index (χ0v) is 16.0. The van der Waals surface area contributed by atoms with Crippen LogP contribution in [0.5, 0.6) is 0 Å². The van der Waals surface area contributed by atoms with Crippen LogP contribution < -0.4 is 10.2 Å². The van der Waals surface area contributed by atoms with Crippen LogP contribution in [0.1, 0.15) is 21.5 Å². The first-order valence-electron chi connectivity index (χ1n) is 9.84. The number of carbonyl (C=O) groups excluding carboxylic acids is 1. The van der Waals surface area contributed by atoms with Gasteiger partial charge in [0.25, 0.3) is 5.91 Å². The molecule has 0 atom stereocenters. The molecular weight excluding hydrogens is 358 g/mol. The van der Waals surface area contributed by atoms with E-state index in [1.54, 1.807) is 6.20 Å². The van der Waals surface area contributed by atoms with Gasteiger partial charge in [0.05, 0.1) is 17.4 Å². The molecule has 0 saturated carbocycles. The summed E-state index contributed by atoms with van der Waals surface area (Å²) in [6.45, 7) is 1.90. The molecule has 1 N–H and O–H groups in total. The second kappa shape index (κ2) is 7.40. The van der Waals surface area contributed by atoms with Crippen LogP contribution in [0, 0.1) is 0 Å². The average molecular weight is 379 g/mol. The van der Waals surface area contributed by atoms with Crippen LogP contribution in [0.15, 0.2) is 85.1 Å². The molecule has 1 aliphatic rings. The van der Waals surface area contributed by atoms with E-state index in [0.29, 0.717) is 11.3 Å². The van der Waals surface area contributed by atoms with Gasteiger partial charge in [-0.3, -0.25) is 9.78 Å². The maximum absolute atomic E-state index is 12.6. The number of rotatable bonds is 3. The van der Waals surface area contributed by atoms with Crippen molar-refractivity contribution < 1.29 is 4.79 Å². The van der Waals surface area contributed by atoms with Crippen molar-refractivity contribution in [2.75, 3.05) is 16.8 Å². The number of benzene rings is 3. The summed E-state index contributed by atoms with van der Waals surface area (Å²) >= 11 is 0. The van der Waals surface area contributed by atoms with Crippen molar-refractivity contribution >= 4 is 28.2 Å². The number of nitrogens with one attached hydrogen (secondary N) is 1. The number of aromatic nitrogens is 1. The fraction of sp³-hybridized carbons (Fsp3) is 0.120. The Morgan fingerprint density at radius 2 is 1.66 bits per heavy atom. The lowest BCUT2D eigenvalue weighted by atomic mass is 9.99. The molecule has 4 heteroatoms. The van der Waals surface area contributed by atoms with Gasteiger partial charge in [0.2, 0.25) is 0 Å². The van der Waals surface area contributed by atoms with Gasteiger partial charge in [-0.1, -0.05) is 42.5 Å². The molecule has 3 aromatic carbocycles. The largest absolute Gasteiger partial charge is 0.367 e. The monoisotopic (exact) mass is 379 g/mol. The summed E-state index contributed by atoms with van der Waals surface area (Å²) in [7, 11) is 0. The molecule has 142 valence electrons. The molecular formula is C25H21N3O. The third-order valence-corrected chi connectivity index (χ3v) is 5.47. The molecule has 0 saturated heterocycles. The van der Waals surface area contributed by atoms with Crippen molar-refractivity contribution in [1.82, 2.24) is 4.98 Å². The number of nitrogens with zero attached hydrogens (tertiary/aromatic N) is 2. The molecule has 1 aromatic heterocycles. The van der Waals surface area contributed by atoms with E-state index in [9.17, 15) is 4.79 Å². The lowest BCUT2D eigenvalue weighted by molar-refractivity contribution is 0.102. The standard InChI is InChI=1S/C25H21N3O/c29-25(27-22-15-20-6-3-4-8-24(20)26-16-22)19-9-11-23(12-10-19)28-14-13-18-5-1-2-7-21(18)17-28/h1-12,15-16H,13-14,17H2,(H,27,29). The summed E-state index contributed by atoms with van der Waals surface area (Å²) in [5.74, 6) is -0.127. The maximum atomic E-state index is 12.6. The molecule has 29 heavy (non-hydrogen) atoms. The molecule has 0 unspecified atom stereocenters. The quantitative estimate of drug-likeness (QED) is 0.542. The number of fused-ring (bicyclic) bond motifs is 2. The number of carbonyl (C=O) groups is 1. The number of hydrogen-bond donors (Lipinski definition) is 1. The minimum Gasteiger partial charge on any atom is -0.367 e. The lowest BCUT2D eigenvalue weighted by Crippen LogP contribution is -2.30. The summed E-state index contributed by atoms with van der Waals surface area (Å²) < 4.78 is 0. The summed E-state index contributed by atoms with van der Waals surface area (Å²) in [5, 5.41) is 3.95. The van der Waals surface area contributed by atoms with Crippen molar-refractivity contribution in [2.24, 2.45) is 0 Å². The normalized spacial score (nSPS) is 13.2. The highest BCUT2D eigenvalue weighted by Gasteiger charge is 2.16. The van der Waals surface area contributed by atoms with Crippen molar-refractivity contribution in [2.45, 2.75) is 13.0 Å². The minimum absolute atomic E-state index is 0.127. The van der Waals surface area contributed by atoms with Gasteiger partial charge >= 0.3 is 0 Å². The lowest BCUT2D eigenvalue weighted by Gasteiger charge is -2.30. The molecule has 0 bridgehead atoms. The SMILES string of the molecule is O=C(Nc1cnc2ccccc2c1)c1ccc(N2CCc3ccccc3C2)cc1. The maximum Gasteiger partial charge on any atom is 0.255 e. The van der Waals surface area contributed by atoms with Crippen LogP contribution in [-0.4, -0.2) is 17.4 Å². The van der Waals surface area contributed by atoms with Gasteiger partial charge in [-0.25, -0.2) is 0 Å². The van der Waals surface area contributed by atoms with Crippen LogP contribution in [0.2, 0.25) is 0 Å². The first-order chi connectivity index (χ1) is 14.3. The number of hydrogen-bond acceptors (Lipinski definition) is 3. The Hall–Kier alpha value is -3.66. The Labute approximate surface area is 169 Å². The van der Waals surface area contributed by atoms with Gasteiger partial charge < -0.3 is 10.2 Å². The van der Waals surface area contributed by atoms with E-state index in [1.165, 1.54) is 11.1 Å². The van der Waals surface area contributed by atoms with E-state index in [-0.39, 0.29) is 5.91 Å². The molecule has 2 heterocycles. The van der Waals surface area contributed by atoms with E-state index < -0.39 is 0 Å². The molecule has 5 rings (SSSR count). The van der Waals surface area contributed by atoms with E-state index in [0.717, 1.165) is 36.1 Å². The Kier molecular flexibility index (Phi) is 4.45. The third-order valence-electron chi connectivity index (χ3n) is 5.47. The van der Waals surface area contributed by atoms with Crippen LogP contribution in [-0.2, 0) is 13.0 Å². The van der Waals surface area contributed by atoms with Gasteiger partial charge in [-0.05, 0) is 53.9 Å². The fourth-order valence-electron chi connectivity index (χ4n) is 3.88. The summed E-state index contributed by atoms with van der Waals surface area (Å²) in [4.78, 5) is 19.4. The molecule has 0 fully saturated rings. The van der Waals surface area contributed by atoms with Crippen molar-refractivity contribution in [3.8, 4) is 0 Å². The van der Waals surface area contributed by atoms with Crippen molar-refractivity contribution in [3.63, 3.8) is 0 Å². The fourth-order valence-corrected chi connectivity index (χ4v) is 3.88. The highest BCUT2D eigenvalue weighted by atomic mass is 16.1. The first-order valence-corrected chi connectivity index (χ1v) is 9.84. The van der Waals surface area contributed by atoms with Gasteiger partial charge in [0.15, 0.2) is 0 Å². The van der Waals surface area contributed by atoms with E-state index in [2.05, 4.69) is 39.5 Å². The predicted octanol–water partition coefficient (Wildman–Crippen LogP) is 5.05. The Morgan fingerprint density at radius 3 is 2.52 bits per heavy atom. The van der Waals surface area contributed by atoms with Gasteiger partial charge in [-0.15, -0.1) is 0 Å². The van der Waals surface area contributed by atoms with Crippen LogP contribution in [0.25, 0.3) is 10.9 Å². The van der Waals surface area contributed by atoms with E-state index >= 15 is 0 Å². The second-order valence-electron chi connectivity index (χ2n) is 7.36. The van der Waals surface area contributed by atoms with Gasteiger partial charge in [0, 0.05) is 29.7 Å². The van der Waals surface area contributed by atoms with Crippen LogP contribution >= 0.6 is 0 Å². The Morgan fingerprint density at radius 1 is 0.897 bits per heavy atom. The second-order valence-corrected chi connectivity index (χ2v) is 7.36. The topological polar surface area (TPSA) is 45.2 Å². The van der Waals surface area contributed by atoms with Gasteiger partial charge in [0.1, 0.15) is 0 Å². The van der Waals surface area contributed by atoms with Crippen LogP contribution in [0.4, 0.5) is 11.4 Å². The first kappa shape index (κ1) is 17.4. The average Bonchev–Trinajstić information content (AvgIpc) is 2.79. The van der Waals surface area contributed by atoms with E-state index in [4.69, 9.17) is 0 Å². The highest BCUT2D eigenvalue weighted by Crippen LogP contribution is 2.25. The number of anilines is 2. The minimum atomic E-state index is -0.127. The number of pyridine rings is 1. The number of amides is 1. The zero-order valence-electron chi connectivity index (χ0n) is 16.0. The molecule has 1 amide bonds. The molecule has 1 aliphatic heterocycles. The van der Waals surface area contributed by atoms with Gasteiger partial charge in [-0.2, -0.15) is 0 Å². The van der Waals surface area contributed by atoms with E-state index in [1.807, 2.05) is 54.6 Å². The molecule has 0 spiro atoms. The smallest absolute Gasteiger partial charge is 0.255 e. The Balaban J connectivity index is 1.30. The molecule has 4 aromatic rings. The third kappa shape index (κ3) is 3.57. The summed E-state index contributed by atoms with van der Waals surface area (Å²) in [6.07, 6.45) is 2.74. The predicted molar refractivity (Wildman–Crippen MR) is 117 cm³/mol. The highest BCUT2D eigenvalue weighted by molar-refractivity contribution is 6.05.